The summed E-state index contributed by atoms with van der Waals surface area (Å²) in [6.45, 7) is 26.8. The first kappa shape index (κ1) is 115. The van der Waals surface area contributed by atoms with E-state index in [-0.39, 0.29) is 21.1 Å². The van der Waals surface area contributed by atoms with Crippen molar-refractivity contribution in [1.29, 1.82) is 0 Å². The Morgan fingerprint density at radius 3 is 0.286 bits per heavy atom. The van der Waals surface area contributed by atoms with Gasteiger partial charge >= 0.3 is 21.1 Å². The van der Waals surface area contributed by atoms with Crippen molar-refractivity contribution < 1.29 is 21.1 Å². The van der Waals surface area contributed by atoms with Crippen molar-refractivity contribution in [1.82, 2.24) is 0 Å². The number of hydrogen-bond acceptors (Lipinski definition) is 24. The van der Waals surface area contributed by atoms with Gasteiger partial charge in [-0.15, -0.1) is 207 Å². The first-order valence-electron chi connectivity index (χ1n) is 34.3. The van der Waals surface area contributed by atoms with Gasteiger partial charge in [-0.1, -0.05) is 259 Å². The molecule has 0 unspecified atom stereocenters. The standard InChI is InChI=1S/6C10H23PS4.Mo/c6*1-3-5-7-9-14-11(12,13)15-10-8-6-4-2;/h6*3-10H2,1-2H3,(H,12,13);/q;;;;;;+6/p-6. The Bertz CT molecular complexity index is 1330. The Morgan fingerprint density at radius 1 is 0.165 bits per heavy atom. The maximum absolute atomic E-state index is 5.49. The Morgan fingerprint density at radius 2 is 0.231 bits per heavy atom. The second-order valence-electron chi connectivity index (χ2n) is 21.2. The second-order valence-corrected chi connectivity index (χ2v) is 108. The van der Waals surface area contributed by atoms with Crippen molar-refractivity contribution in [3.63, 3.8) is 0 Å². The Balaban J connectivity index is -0.000000186. The van der Waals surface area contributed by atoms with Crippen LogP contribution in [0.15, 0.2) is 0 Å². The van der Waals surface area contributed by atoms with Crippen LogP contribution in [0, 0.1) is 0 Å². The molecular weight excluding hydrogens is 1770 g/mol. The molecule has 0 saturated heterocycles. The molecular formula is C60H132MoP6S24. The van der Waals surface area contributed by atoms with Crippen LogP contribution < -0.4 is 0 Å². The third-order valence-electron chi connectivity index (χ3n) is 12.0. The minimum absolute atomic E-state index is 0. The summed E-state index contributed by atoms with van der Waals surface area (Å²) in [6, 6.07) is 0. The fourth-order valence-electron chi connectivity index (χ4n) is 6.56. The van der Waals surface area contributed by atoms with E-state index in [4.69, 9.17) is 144 Å². The molecule has 0 aliphatic rings. The van der Waals surface area contributed by atoms with E-state index < -0.39 is 21.9 Å². The smallest absolute Gasteiger partial charge is 0.726 e. The van der Waals surface area contributed by atoms with Gasteiger partial charge in [0.05, 0.1) is 0 Å². The maximum Gasteiger partial charge on any atom is 6.00 e. The summed E-state index contributed by atoms with van der Waals surface area (Å²) < 4.78 is -9.14. The van der Waals surface area contributed by atoms with E-state index in [0.29, 0.717) is 0 Å². The average Bonchev–Trinajstić information content (AvgIpc) is 3.61. The van der Waals surface area contributed by atoms with Gasteiger partial charge in [0.15, 0.2) is 0 Å². The fraction of sp³-hybridized carbons (Fsp3) is 1.00. The van der Waals surface area contributed by atoms with Crippen molar-refractivity contribution >= 4 is 303 Å². The second kappa shape index (κ2) is 88.1. The summed E-state index contributed by atoms with van der Waals surface area (Å²) in [5.74, 6) is 14.1. The largest absolute Gasteiger partial charge is 6.00 e. The van der Waals surface area contributed by atoms with Crippen LogP contribution in [-0.4, -0.2) is 69.0 Å². The average molecular weight is 1910 g/mol. The van der Waals surface area contributed by atoms with Gasteiger partial charge in [0.2, 0.25) is 0 Å². The molecule has 0 radical (unpaired) electrons. The molecule has 0 spiro atoms. The Hall–Kier alpha value is 10.9. The Kier molecular flexibility index (Phi) is 112. The van der Waals surface area contributed by atoms with Gasteiger partial charge in [0, 0.05) is 0 Å². The summed E-state index contributed by atoms with van der Waals surface area (Å²) in [6.07, 6.45) is 46.6. The molecule has 0 aliphatic carbocycles. The van der Waals surface area contributed by atoms with Gasteiger partial charge in [-0.2, -0.15) is 0 Å². The van der Waals surface area contributed by atoms with Crippen molar-refractivity contribution in [3.05, 3.63) is 0 Å². The van der Waals surface area contributed by atoms with Gasteiger partial charge in [0.1, 0.15) is 0 Å². The summed E-state index contributed by atoms with van der Waals surface area (Å²) in [7, 11) is 0. The van der Waals surface area contributed by atoms with Crippen LogP contribution in [-0.2, 0) is 165 Å². The van der Waals surface area contributed by atoms with Crippen LogP contribution in [0.5, 0.6) is 0 Å². The summed E-state index contributed by atoms with van der Waals surface area (Å²) in [5.41, 5.74) is 0. The molecule has 91 heavy (non-hydrogen) atoms. The van der Waals surface area contributed by atoms with Crippen molar-refractivity contribution in [2.75, 3.05) is 69.0 Å². The van der Waals surface area contributed by atoms with E-state index in [1.165, 1.54) is 300 Å². The first-order chi connectivity index (χ1) is 42.7. The molecule has 552 valence electrons. The number of unbranched alkanes of at least 4 members (excludes halogenated alkanes) is 24. The molecule has 0 aromatic heterocycles. The number of hydrogen-bond donors (Lipinski definition) is 0. The van der Waals surface area contributed by atoms with E-state index in [1.807, 2.05) is 137 Å². The van der Waals surface area contributed by atoms with Crippen molar-refractivity contribution in [2.45, 2.75) is 314 Å². The molecule has 0 amide bonds. The van der Waals surface area contributed by atoms with Crippen LogP contribution >= 0.6 is 158 Å². The Labute approximate surface area is 696 Å². The van der Waals surface area contributed by atoms with E-state index in [0.717, 1.165) is 0 Å². The minimum Gasteiger partial charge on any atom is -0.726 e. The van der Waals surface area contributed by atoms with E-state index in [2.05, 4.69) is 83.1 Å². The quantitative estimate of drug-likeness (QED) is 0.0245. The zero-order chi connectivity index (χ0) is 69.4. The van der Waals surface area contributed by atoms with Crippen LogP contribution in [0.1, 0.15) is 314 Å². The molecule has 31 heteroatoms. The van der Waals surface area contributed by atoms with Crippen molar-refractivity contribution in [2.24, 2.45) is 0 Å². The molecule has 0 nitrogen and oxygen atoms in total. The third kappa shape index (κ3) is 110. The van der Waals surface area contributed by atoms with Gasteiger partial charge in [-0.3, -0.25) is 0 Å². The summed E-state index contributed by atoms with van der Waals surface area (Å²) in [4.78, 5) is 0. The van der Waals surface area contributed by atoms with Gasteiger partial charge < -0.3 is 73.5 Å². The van der Waals surface area contributed by atoms with Gasteiger partial charge in [-0.25, -0.2) is 0 Å². The molecule has 0 bridgehead atoms. The predicted molar refractivity (Wildman–Crippen MR) is 514 cm³/mol. The van der Waals surface area contributed by atoms with Crippen molar-refractivity contribution in [3.8, 4) is 0 Å². The SMILES string of the molecule is CCCCCSP(=S)([S-])SCCCCC.CCCCCSP(=S)([S-])SCCCCC.CCCCCSP(=S)([S-])SCCCCC.CCCCCSP(=S)([S-])SCCCCC.CCCCCSP(=S)([S-])SCCCCC.CCCCCSP(=S)([S-])SCCCCC.[Mo+6]. The molecule has 0 aliphatic heterocycles. The predicted octanol–water partition coefficient (Wildman–Crippen LogP) is 33.6. The first-order valence-corrected chi connectivity index (χ1v) is 76.3. The third-order valence-corrected chi connectivity index (χ3v) is 73.5. The molecule has 0 atom stereocenters. The van der Waals surface area contributed by atoms with Crippen LogP contribution in [0.2, 0.25) is 0 Å². The number of rotatable bonds is 60. The van der Waals surface area contributed by atoms with Crippen LogP contribution in [0.3, 0.4) is 0 Å². The molecule has 0 N–H and O–H groups in total. The van der Waals surface area contributed by atoms with Crippen LogP contribution in [0.25, 0.3) is 0 Å². The monoisotopic (exact) mass is 1900 g/mol. The molecule has 0 aromatic carbocycles. The zero-order valence-electron chi connectivity index (χ0n) is 58.8. The summed E-state index contributed by atoms with van der Waals surface area (Å²) >= 11 is 88.5. The normalized spacial score (nSPS) is 11.8. The maximum atomic E-state index is 5.49. The van der Waals surface area contributed by atoms with E-state index >= 15 is 0 Å². The van der Waals surface area contributed by atoms with E-state index in [1.54, 1.807) is 0 Å². The van der Waals surface area contributed by atoms with E-state index in [9.17, 15) is 0 Å². The van der Waals surface area contributed by atoms with Gasteiger partial charge in [-0.05, 0) is 146 Å². The minimum atomic E-state index is -1.52. The van der Waals surface area contributed by atoms with Crippen LogP contribution in [0.4, 0.5) is 0 Å². The summed E-state index contributed by atoms with van der Waals surface area (Å²) in [5, 5.41) is 0. The molecule has 0 rings (SSSR count). The topological polar surface area (TPSA) is 0 Å². The molecule has 0 aromatic rings. The molecule has 0 heterocycles. The molecule has 0 saturated carbocycles. The van der Waals surface area contributed by atoms with Gasteiger partial charge in [0.25, 0.3) is 0 Å². The zero-order valence-corrected chi connectivity index (χ0v) is 85.8. The fourth-order valence-corrected chi connectivity index (χ4v) is 55.9. The molecule has 0 fully saturated rings.